The maximum atomic E-state index is 11.3. The second-order valence-electron chi connectivity index (χ2n) is 4.26. The quantitative estimate of drug-likeness (QED) is 0.543. The molecule has 1 atom stereocenters. The summed E-state index contributed by atoms with van der Waals surface area (Å²) in [6.07, 6.45) is 4.12. The first-order chi connectivity index (χ1) is 7.26. The van der Waals surface area contributed by atoms with E-state index in [1.807, 2.05) is 0 Å². The Morgan fingerprint density at radius 3 is 2.80 bits per heavy atom. The molecule has 0 saturated heterocycles. The predicted molar refractivity (Wildman–Crippen MR) is 59.5 cm³/mol. The minimum Gasteiger partial charge on any atom is -0.396 e. The van der Waals surface area contributed by atoms with Crippen LogP contribution in [0.3, 0.4) is 0 Å². The van der Waals surface area contributed by atoms with Gasteiger partial charge in [0.25, 0.3) is 0 Å². The maximum Gasteiger partial charge on any atom is 0.234 e. The van der Waals surface area contributed by atoms with Crippen molar-refractivity contribution in [3.63, 3.8) is 0 Å². The Balaban J connectivity index is 2.00. The first-order valence-electron chi connectivity index (χ1n) is 5.87. The van der Waals surface area contributed by atoms with Crippen molar-refractivity contribution in [2.24, 2.45) is 5.92 Å². The molecule has 1 aliphatic carbocycles. The summed E-state index contributed by atoms with van der Waals surface area (Å²) in [5, 5.41) is 14.9. The van der Waals surface area contributed by atoms with Gasteiger partial charge in [0.15, 0.2) is 0 Å². The van der Waals surface area contributed by atoms with Gasteiger partial charge in [-0.05, 0) is 31.7 Å². The molecule has 0 aliphatic heterocycles. The van der Waals surface area contributed by atoms with Crippen molar-refractivity contribution in [3.05, 3.63) is 0 Å². The fourth-order valence-corrected chi connectivity index (χ4v) is 1.53. The Labute approximate surface area is 91.4 Å². The lowest BCUT2D eigenvalue weighted by Crippen LogP contribution is -2.37. The summed E-state index contributed by atoms with van der Waals surface area (Å²) in [6, 6.07) is 0.443. The molecular formula is C11H22N2O2. The number of rotatable bonds is 8. The van der Waals surface area contributed by atoms with Crippen LogP contribution in [0.4, 0.5) is 0 Å². The average Bonchev–Trinajstić information content (AvgIpc) is 3.00. The summed E-state index contributed by atoms with van der Waals surface area (Å²) in [5.74, 6) is 0.570. The van der Waals surface area contributed by atoms with Crippen molar-refractivity contribution in [3.8, 4) is 0 Å². The second kappa shape index (κ2) is 6.80. The molecule has 4 heteroatoms. The molecule has 0 bridgehead atoms. The van der Waals surface area contributed by atoms with Crippen LogP contribution >= 0.6 is 0 Å². The van der Waals surface area contributed by atoms with Crippen LogP contribution in [0.25, 0.3) is 0 Å². The van der Waals surface area contributed by atoms with E-state index in [2.05, 4.69) is 17.6 Å². The van der Waals surface area contributed by atoms with E-state index in [-0.39, 0.29) is 12.5 Å². The molecule has 88 valence electrons. The molecule has 4 nitrogen and oxygen atoms in total. The van der Waals surface area contributed by atoms with Gasteiger partial charge in [-0.25, -0.2) is 0 Å². The van der Waals surface area contributed by atoms with Crippen molar-refractivity contribution < 1.29 is 9.90 Å². The maximum absolute atomic E-state index is 11.3. The number of carbonyl (C=O) groups is 1. The van der Waals surface area contributed by atoms with Gasteiger partial charge in [-0.1, -0.05) is 13.3 Å². The van der Waals surface area contributed by atoms with Gasteiger partial charge in [-0.2, -0.15) is 0 Å². The molecule has 1 amide bonds. The number of hydrogen-bond acceptors (Lipinski definition) is 3. The van der Waals surface area contributed by atoms with Gasteiger partial charge in [-0.15, -0.1) is 0 Å². The van der Waals surface area contributed by atoms with Gasteiger partial charge in [0.2, 0.25) is 5.91 Å². The number of nitrogens with one attached hydrogen (secondary N) is 2. The molecule has 1 fully saturated rings. The summed E-state index contributed by atoms with van der Waals surface area (Å²) in [4.78, 5) is 11.3. The van der Waals surface area contributed by atoms with Crippen molar-refractivity contribution in [2.45, 2.75) is 38.6 Å². The fourth-order valence-electron chi connectivity index (χ4n) is 1.53. The highest BCUT2D eigenvalue weighted by atomic mass is 16.3. The molecule has 0 spiro atoms. The molecule has 0 aromatic rings. The molecular weight excluding hydrogens is 192 g/mol. The van der Waals surface area contributed by atoms with Gasteiger partial charge >= 0.3 is 0 Å². The van der Waals surface area contributed by atoms with Crippen LogP contribution in [0.1, 0.15) is 32.6 Å². The van der Waals surface area contributed by atoms with Crippen LogP contribution < -0.4 is 10.6 Å². The number of amides is 1. The lowest BCUT2D eigenvalue weighted by molar-refractivity contribution is -0.120. The first kappa shape index (κ1) is 12.5. The number of hydrogen-bond donors (Lipinski definition) is 3. The average molecular weight is 214 g/mol. The van der Waals surface area contributed by atoms with Gasteiger partial charge in [0.05, 0.1) is 6.54 Å². The van der Waals surface area contributed by atoms with Crippen LogP contribution in [0, 0.1) is 5.92 Å². The van der Waals surface area contributed by atoms with Gasteiger partial charge < -0.3 is 15.7 Å². The van der Waals surface area contributed by atoms with E-state index < -0.39 is 0 Å². The van der Waals surface area contributed by atoms with Crippen molar-refractivity contribution >= 4 is 5.91 Å². The molecule has 1 saturated carbocycles. The number of carbonyl (C=O) groups excluding carboxylic acids is 1. The summed E-state index contributed by atoms with van der Waals surface area (Å²) in [5.41, 5.74) is 0. The molecule has 0 aromatic heterocycles. The molecule has 1 rings (SSSR count). The largest absolute Gasteiger partial charge is 0.396 e. The summed E-state index contributed by atoms with van der Waals surface area (Å²) < 4.78 is 0. The van der Waals surface area contributed by atoms with E-state index in [1.165, 1.54) is 0 Å². The molecule has 0 heterocycles. The smallest absolute Gasteiger partial charge is 0.234 e. The summed E-state index contributed by atoms with van der Waals surface area (Å²) >= 11 is 0. The Morgan fingerprint density at radius 1 is 1.53 bits per heavy atom. The van der Waals surface area contributed by atoms with Gasteiger partial charge in [0.1, 0.15) is 0 Å². The zero-order chi connectivity index (χ0) is 11.1. The topological polar surface area (TPSA) is 61.4 Å². The minimum atomic E-state index is 0.0938. The monoisotopic (exact) mass is 214 g/mol. The SMILES string of the molecule is CCC(CCO)CNCC(=O)NC1CC1. The molecule has 1 aliphatic rings. The number of aliphatic hydroxyl groups is 1. The van der Waals surface area contributed by atoms with Crippen molar-refractivity contribution in [2.75, 3.05) is 19.7 Å². The van der Waals surface area contributed by atoms with E-state index in [0.717, 1.165) is 32.2 Å². The molecule has 0 aromatic carbocycles. The van der Waals surface area contributed by atoms with Crippen molar-refractivity contribution in [1.29, 1.82) is 0 Å². The van der Waals surface area contributed by atoms with Gasteiger partial charge in [-0.3, -0.25) is 4.79 Å². The van der Waals surface area contributed by atoms with E-state index in [9.17, 15) is 4.79 Å². The van der Waals surface area contributed by atoms with Gasteiger partial charge in [0, 0.05) is 12.6 Å². The highest BCUT2D eigenvalue weighted by Crippen LogP contribution is 2.18. The van der Waals surface area contributed by atoms with E-state index >= 15 is 0 Å². The van der Waals surface area contributed by atoms with E-state index in [4.69, 9.17) is 5.11 Å². The Bertz CT molecular complexity index is 193. The Kier molecular flexibility index (Phi) is 5.65. The molecule has 3 N–H and O–H groups in total. The summed E-state index contributed by atoms with van der Waals surface area (Å²) in [6.45, 7) is 3.55. The van der Waals surface area contributed by atoms with Crippen molar-refractivity contribution in [1.82, 2.24) is 10.6 Å². The fraction of sp³-hybridized carbons (Fsp3) is 0.909. The van der Waals surface area contributed by atoms with Crippen LogP contribution in [0.2, 0.25) is 0 Å². The first-order valence-corrected chi connectivity index (χ1v) is 5.87. The zero-order valence-electron chi connectivity index (χ0n) is 9.46. The second-order valence-corrected chi connectivity index (χ2v) is 4.26. The third-order valence-electron chi connectivity index (χ3n) is 2.78. The van der Waals surface area contributed by atoms with E-state index in [1.54, 1.807) is 0 Å². The zero-order valence-corrected chi connectivity index (χ0v) is 9.46. The normalized spacial score (nSPS) is 17.5. The molecule has 0 radical (unpaired) electrons. The highest BCUT2D eigenvalue weighted by Gasteiger charge is 2.22. The summed E-state index contributed by atoms with van der Waals surface area (Å²) in [7, 11) is 0. The third-order valence-corrected chi connectivity index (χ3v) is 2.78. The number of aliphatic hydroxyl groups excluding tert-OH is 1. The molecule has 1 unspecified atom stereocenters. The lowest BCUT2D eigenvalue weighted by Gasteiger charge is -2.13. The Hall–Kier alpha value is -0.610. The van der Waals surface area contributed by atoms with Crippen LogP contribution in [-0.4, -0.2) is 36.8 Å². The third kappa shape index (κ3) is 5.74. The van der Waals surface area contributed by atoms with Crippen LogP contribution in [-0.2, 0) is 4.79 Å². The highest BCUT2D eigenvalue weighted by molar-refractivity contribution is 5.78. The standard InChI is InChI=1S/C11H22N2O2/c1-2-9(5-6-14)7-12-8-11(15)13-10-3-4-10/h9-10,12,14H,2-8H2,1H3,(H,13,15). The minimum absolute atomic E-state index is 0.0938. The molecule has 15 heavy (non-hydrogen) atoms. The van der Waals surface area contributed by atoms with E-state index in [0.29, 0.717) is 18.5 Å². The lowest BCUT2D eigenvalue weighted by atomic mass is 10.0. The Morgan fingerprint density at radius 2 is 2.27 bits per heavy atom. The van der Waals surface area contributed by atoms with Crippen LogP contribution in [0.15, 0.2) is 0 Å². The predicted octanol–water partition coefficient (Wildman–Crippen LogP) is 0.263. The van der Waals surface area contributed by atoms with Crippen LogP contribution in [0.5, 0.6) is 0 Å².